The molecule has 2 aromatic carbocycles. The number of aliphatic imine (C=N–C) groups is 1. The summed E-state index contributed by atoms with van der Waals surface area (Å²) in [7, 11) is 0. The van der Waals surface area contributed by atoms with Crippen LogP contribution in [0.5, 0.6) is 0 Å². The highest BCUT2D eigenvalue weighted by molar-refractivity contribution is 6.44. The van der Waals surface area contributed by atoms with Crippen molar-refractivity contribution in [1.29, 1.82) is 5.41 Å². The van der Waals surface area contributed by atoms with Crippen molar-refractivity contribution in [3.05, 3.63) is 76.0 Å². The van der Waals surface area contributed by atoms with Crippen LogP contribution >= 0.6 is 23.2 Å². The van der Waals surface area contributed by atoms with Crippen LogP contribution in [0.1, 0.15) is 5.56 Å². The number of esters is 1. The van der Waals surface area contributed by atoms with Crippen molar-refractivity contribution in [1.82, 2.24) is 9.80 Å². The molecule has 2 aliphatic rings. The number of cyclic esters (lactones) is 1. The molecule has 0 aliphatic carbocycles. The summed E-state index contributed by atoms with van der Waals surface area (Å²) < 4.78 is 5.28. The lowest BCUT2D eigenvalue weighted by Gasteiger charge is -2.35. The normalized spacial score (nSPS) is 17.7. The topological polar surface area (TPSA) is 81.0 Å². The third-order valence-corrected chi connectivity index (χ3v) is 5.59. The number of ether oxygens (including phenoxy) is 1. The lowest BCUT2D eigenvalue weighted by Crippen LogP contribution is -2.48. The van der Waals surface area contributed by atoms with E-state index in [1.54, 1.807) is 24.4 Å². The third kappa shape index (κ3) is 4.42. The first kappa shape index (κ1) is 20.3. The Morgan fingerprint density at radius 1 is 1.07 bits per heavy atom. The number of guanidine groups is 1. The van der Waals surface area contributed by atoms with E-state index in [1.807, 2.05) is 40.1 Å². The summed E-state index contributed by atoms with van der Waals surface area (Å²) in [5, 5.41) is 12.0. The summed E-state index contributed by atoms with van der Waals surface area (Å²) in [6.07, 6.45) is 1.69. The Morgan fingerprint density at radius 3 is 2.53 bits per heavy atom. The smallest absolute Gasteiger partial charge is 0.365 e. The van der Waals surface area contributed by atoms with Gasteiger partial charge in [-0.2, -0.15) is 0 Å². The van der Waals surface area contributed by atoms with E-state index in [9.17, 15) is 4.79 Å². The molecule has 30 heavy (non-hydrogen) atoms. The molecule has 2 aromatic rings. The first-order chi connectivity index (χ1) is 14.5. The highest BCUT2D eigenvalue weighted by atomic mass is 35.5. The van der Waals surface area contributed by atoms with Crippen LogP contribution in [-0.4, -0.2) is 53.8 Å². The summed E-state index contributed by atoms with van der Waals surface area (Å²) in [5.74, 6) is -0.0298. The summed E-state index contributed by atoms with van der Waals surface area (Å²) in [6, 6.07) is 14.7. The van der Waals surface area contributed by atoms with E-state index < -0.39 is 5.97 Å². The largest absolute Gasteiger partial charge is 0.402 e. The van der Waals surface area contributed by atoms with E-state index in [4.69, 9.17) is 33.3 Å². The number of hydrogen-bond donors (Lipinski definition) is 2. The molecule has 4 rings (SSSR count). The number of piperazine rings is 1. The molecule has 0 saturated carbocycles. The van der Waals surface area contributed by atoms with Crippen LogP contribution in [0.3, 0.4) is 0 Å². The number of rotatable bonds is 3. The Bertz CT molecular complexity index is 1030. The molecule has 1 saturated heterocycles. The van der Waals surface area contributed by atoms with Crippen molar-refractivity contribution in [3.8, 4) is 0 Å². The number of halogens is 2. The van der Waals surface area contributed by atoms with E-state index in [0.717, 1.165) is 5.69 Å². The van der Waals surface area contributed by atoms with Crippen LogP contribution in [0.15, 0.2) is 65.4 Å². The molecule has 0 aromatic heterocycles. The van der Waals surface area contributed by atoms with Crippen molar-refractivity contribution in [2.24, 2.45) is 4.99 Å². The molecule has 0 unspecified atom stereocenters. The van der Waals surface area contributed by atoms with Gasteiger partial charge in [-0.1, -0.05) is 47.5 Å². The maximum absolute atomic E-state index is 12.2. The van der Waals surface area contributed by atoms with Gasteiger partial charge in [-0.15, -0.1) is 0 Å². The second-order valence-corrected chi connectivity index (χ2v) is 7.57. The van der Waals surface area contributed by atoms with Gasteiger partial charge in [-0.25, -0.2) is 9.79 Å². The molecule has 2 aliphatic heterocycles. The van der Waals surface area contributed by atoms with E-state index in [0.29, 0.717) is 47.7 Å². The third-order valence-electron chi connectivity index (χ3n) is 4.77. The summed E-state index contributed by atoms with van der Waals surface area (Å²) >= 11 is 12.2. The number of nitrogens with one attached hydrogen (secondary N) is 2. The van der Waals surface area contributed by atoms with Crippen LogP contribution in [0.25, 0.3) is 0 Å². The molecule has 0 bridgehead atoms. The second kappa shape index (κ2) is 8.77. The zero-order valence-electron chi connectivity index (χ0n) is 15.9. The molecule has 0 amide bonds. The first-order valence-corrected chi connectivity index (χ1v) is 10.1. The molecule has 0 radical (unpaired) electrons. The van der Waals surface area contributed by atoms with Crippen molar-refractivity contribution in [2.45, 2.75) is 0 Å². The SMILES string of the molecule is N=C(Nc1ccccc1)N1CCN(/C=C2/N=C(c3cccc(Cl)c3Cl)OC2=O)CC1. The molecular formula is C21H19Cl2N5O2. The maximum Gasteiger partial charge on any atom is 0.365 e. The molecular weight excluding hydrogens is 425 g/mol. The zero-order valence-corrected chi connectivity index (χ0v) is 17.5. The fourth-order valence-corrected chi connectivity index (χ4v) is 3.55. The number of para-hydroxylation sites is 1. The number of hydrogen-bond acceptors (Lipinski definition) is 5. The highest BCUT2D eigenvalue weighted by Crippen LogP contribution is 2.28. The monoisotopic (exact) mass is 443 g/mol. The fourth-order valence-electron chi connectivity index (χ4n) is 3.17. The first-order valence-electron chi connectivity index (χ1n) is 9.38. The maximum atomic E-state index is 12.2. The van der Waals surface area contributed by atoms with Crippen LogP contribution < -0.4 is 5.32 Å². The number of carbonyl (C=O) groups is 1. The Kier molecular flexibility index (Phi) is 5.92. The summed E-state index contributed by atoms with van der Waals surface area (Å²) in [4.78, 5) is 20.5. The summed E-state index contributed by atoms with van der Waals surface area (Å²) in [6.45, 7) is 2.60. The molecule has 9 heteroatoms. The molecule has 154 valence electrons. The Balaban J connectivity index is 1.39. The average Bonchev–Trinajstić information content (AvgIpc) is 3.11. The lowest BCUT2D eigenvalue weighted by atomic mass is 10.2. The molecule has 2 heterocycles. The minimum atomic E-state index is -0.526. The van der Waals surface area contributed by atoms with Gasteiger partial charge in [-0.3, -0.25) is 5.41 Å². The Hall–Kier alpha value is -3.03. The van der Waals surface area contributed by atoms with E-state index >= 15 is 0 Å². The van der Waals surface area contributed by atoms with Gasteiger partial charge in [0.15, 0.2) is 11.7 Å². The standard InChI is InChI=1S/C21H19Cl2N5O2/c22-16-8-4-7-15(18(16)23)19-26-17(20(29)30-19)13-27-9-11-28(12-10-27)21(24)25-14-5-2-1-3-6-14/h1-8,13H,9-12H2,(H2,24,25)/b17-13+. The van der Waals surface area contributed by atoms with Gasteiger partial charge in [0.2, 0.25) is 5.90 Å². The van der Waals surface area contributed by atoms with Crippen molar-refractivity contribution < 1.29 is 9.53 Å². The quantitative estimate of drug-likeness (QED) is 0.326. The predicted octanol–water partition coefficient (Wildman–Crippen LogP) is 3.80. The molecule has 7 nitrogen and oxygen atoms in total. The van der Waals surface area contributed by atoms with Crippen LogP contribution in [0.2, 0.25) is 10.0 Å². The van der Waals surface area contributed by atoms with Gasteiger partial charge in [-0.05, 0) is 24.3 Å². The lowest BCUT2D eigenvalue weighted by molar-refractivity contribution is -0.130. The van der Waals surface area contributed by atoms with E-state index in [1.165, 1.54) is 0 Å². The molecule has 0 spiro atoms. The minimum absolute atomic E-state index is 0.145. The molecule has 1 fully saturated rings. The Labute approximate surface area is 184 Å². The van der Waals surface area contributed by atoms with E-state index in [2.05, 4.69) is 10.3 Å². The van der Waals surface area contributed by atoms with Gasteiger partial charge in [0.05, 0.1) is 15.6 Å². The number of nitrogens with zero attached hydrogens (tertiary/aromatic N) is 3. The fraction of sp³-hybridized carbons (Fsp3) is 0.190. The van der Waals surface area contributed by atoms with Crippen molar-refractivity contribution in [2.75, 3.05) is 31.5 Å². The van der Waals surface area contributed by atoms with Gasteiger partial charge in [0.1, 0.15) is 0 Å². The average molecular weight is 444 g/mol. The van der Waals surface area contributed by atoms with Gasteiger partial charge in [0, 0.05) is 38.1 Å². The number of benzene rings is 2. The van der Waals surface area contributed by atoms with E-state index in [-0.39, 0.29) is 11.6 Å². The van der Waals surface area contributed by atoms with Gasteiger partial charge >= 0.3 is 5.97 Å². The van der Waals surface area contributed by atoms with Gasteiger partial charge in [0.25, 0.3) is 0 Å². The molecule has 0 atom stereocenters. The van der Waals surface area contributed by atoms with Crippen molar-refractivity contribution >= 4 is 46.7 Å². The highest BCUT2D eigenvalue weighted by Gasteiger charge is 2.27. The predicted molar refractivity (Wildman–Crippen MR) is 118 cm³/mol. The van der Waals surface area contributed by atoms with Crippen LogP contribution in [0.4, 0.5) is 5.69 Å². The van der Waals surface area contributed by atoms with Crippen LogP contribution in [-0.2, 0) is 9.53 Å². The Morgan fingerprint density at radius 2 is 1.80 bits per heavy atom. The summed E-state index contributed by atoms with van der Waals surface area (Å²) in [5.41, 5.74) is 1.57. The minimum Gasteiger partial charge on any atom is -0.402 e. The number of anilines is 1. The molecule has 2 N–H and O–H groups in total. The second-order valence-electron chi connectivity index (χ2n) is 6.78. The zero-order chi connectivity index (χ0) is 21.1. The van der Waals surface area contributed by atoms with Crippen LogP contribution in [0, 0.1) is 5.41 Å². The van der Waals surface area contributed by atoms with Crippen molar-refractivity contribution in [3.63, 3.8) is 0 Å². The van der Waals surface area contributed by atoms with Gasteiger partial charge < -0.3 is 19.9 Å². The number of carbonyl (C=O) groups excluding carboxylic acids is 1.